The van der Waals surface area contributed by atoms with Crippen molar-refractivity contribution in [3.63, 3.8) is 0 Å². The van der Waals surface area contributed by atoms with Gasteiger partial charge in [-0.15, -0.1) is 0 Å². The van der Waals surface area contributed by atoms with Gasteiger partial charge in [-0.1, -0.05) is 24.3 Å². The average molecular weight is 792 g/mol. The summed E-state index contributed by atoms with van der Waals surface area (Å²) >= 11 is 0. The Balaban J connectivity index is -0.000000529. The van der Waals surface area contributed by atoms with E-state index >= 15 is 0 Å². The number of benzene rings is 1. The topological polar surface area (TPSA) is 185 Å². The van der Waals surface area contributed by atoms with Crippen LogP contribution in [0.3, 0.4) is 0 Å². The van der Waals surface area contributed by atoms with Crippen LogP contribution in [0.15, 0.2) is 97.6 Å². The van der Waals surface area contributed by atoms with Gasteiger partial charge in [0.2, 0.25) is 0 Å². The molecule has 11 nitrogen and oxygen atoms in total. The minimum Gasteiger partial charge on any atom is -0.255 e. The van der Waals surface area contributed by atoms with E-state index < -0.39 is 21.4 Å². The Kier molecular flexibility index (Phi) is 24.3. The van der Waals surface area contributed by atoms with Gasteiger partial charge < -0.3 is 9.87 Å². The molecule has 0 spiro atoms. The Bertz CT molecular complexity index is 1440. The SMILES string of the molecule is O=C(Nc1ccccc1F)c1cccnc1.O=S(=O)([O-])C(F)(F)F.[C-]#[O+].[C-]#[O+].[C-]#[O+].[Re].c1ccc(-c2ccccn2)nc1. The van der Waals surface area contributed by atoms with Crippen molar-refractivity contribution in [2.24, 2.45) is 0 Å². The molecule has 4 aromatic rings. The van der Waals surface area contributed by atoms with Crippen LogP contribution in [0, 0.1) is 25.8 Å². The molecule has 1 amide bonds. The van der Waals surface area contributed by atoms with Crippen molar-refractivity contribution < 1.29 is 69.7 Å². The first kappa shape index (κ1) is 43.1. The van der Waals surface area contributed by atoms with E-state index in [0.29, 0.717) is 5.56 Å². The summed E-state index contributed by atoms with van der Waals surface area (Å²) < 4.78 is 94.6. The number of nitrogens with one attached hydrogen (secondary N) is 1. The molecule has 43 heavy (non-hydrogen) atoms. The van der Waals surface area contributed by atoms with E-state index in [0.717, 1.165) is 11.4 Å². The number of halogens is 4. The third kappa shape index (κ3) is 17.9. The molecule has 0 aliphatic heterocycles. The molecule has 3 aromatic heterocycles. The normalized spacial score (nSPS) is 9.09. The van der Waals surface area contributed by atoms with E-state index in [-0.39, 0.29) is 32.0 Å². The standard InChI is InChI=1S/C12H9FN2O.C10H8N2.CHF3O3S.3CO.Re/c13-10-5-1-2-6-11(10)15-12(16)9-4-3-7-14-8-9;1-3-7-11-9(5-1)10-6-2-4-8-12-10;2-1(3,4)8(5,6)7;3*1-2;/h1-8H,(H,15,16);1-8H;(H,5,6,7);;;;/p-1. The van der Waals surface area contributed by atoms with E-state index in [9.17, 15) is 22.4 Å². The van der Waals surface area contributed by atoms with Crippen molar-refractivity contribution >= 4 is 21.7 Å². The maximum Gasteiger partial charge on any atom is 0.0886 e. The van der Waals surface area contributed by atoms with E-state index in [4.69, 9.17) is 26.9 Å². The predicted octanol–water partition coefficient (Wildman–Crippen LogP) is 4.55. The Hall–Kier alpha value is -4.35. The first-order valence-corrected chi connectivity index (χ1v) is 11.8. The van der Waals surface area contributed by atoms with Crippen LogP contribution in [0.25, 0.3) is 11.4 Å². The summed E-state index contributed by atoms with van der Waals surface area (Å²) in [6, 6.07) is 20.9. The third-order valence-electron chi connectivity index (χ3n) is 3.92. The Morgan fingerprint density at radius 2 is 1.21 bits per heavy atom. The maximum absolute atomic E-state index is 13.2. The summed E-state index contributed by atoms with van der Waals surface area (Å²) in [5.74, 6) is -0.835. The predicted molar refractivity (Wildman–Crippen MR) is 134 cm³/mol. The van der Waals surface area contributed by atoms with E-state index in [1.54, 1.807) is 42.9 Å². The maximum atomic E-state index is 13.2. The molecule has 0 bridgehead atoms. The number of carbonyl (C=O) groups excluding carboxylic acids is 1. The van der Waals surface area contributed by atoms with Crippen molar-refractivity contribution in [2.75, 3.05) is 5.32 Å². The molecule has 1 N–H and O–H groups in total. The molecule has 1 radical (unpaired) electrons. The van der Waals surface area contributed by atoms with Gasteiger partial charge in [-0.3, -0.25) is 19.7 Å². The third-order valence-corrected chi connectivity index (χ3v) is 4.49. The zero-order valence-corrected chi connectivity index (χ0v) is 24.8. The number of pyridine rings is 3. The average Bonchev–Trinajstić information content (AvgIpc) is 3.02. The summed E-state index contributed by atoms with van der Waals surface area (Å²) in [5, 5.41) is 2.47. The molecule has 0 atom stereocenters. The number of anilines is 1. The van der Waals surface area contributed by atoms with Crippen molar-refractivity contribution in [2.45, 2.75) is 5.51 Å². The van der Waals surface area contributed by atoms with E-state index in [2.05, 4.69) is 40.2 Å². The van der Waals surface area contributed by atoms with Gasteiger partial charge in [0.15, 0.2) is 10.1 Å². The quantitative estimate of drug-likeness (QED) is 0.104. The molecule has 3 heterocycles. The van der Waals surface area contributed by atoms with Crippen molar-refractivity contribution in [3.8, 4) is 11.4 Å². The number of nitrogens with zero attached hydrogens (tertiary/aromatic N) is 3. The summed E-state index contributed by atoms with van der Waals surface area (Å²) in [5.41, 5.74) is -3.26. The number of hydrogen-bond donors (Lipinski definition) is 1. The van der Waals surface area contributed by atoms with Crippen LogP contribution in [0.5, 0.6) is 0 Å². The monoisotopic (exact) mass is 792 g/mol. The first-order valence-electron chi connectivity index (χ1n) is 10.4. The summed E-state index contributed by atoms with van der Waals surface area (Å²) in [7, 11) is -6.09. The van der Waals surface area contributed by atoms with Crippen LogP contribution < -0.4 is 5.32 Å². The fraction of sp³-hybridized carbons (Fsp3) is 0.0385. The number of carbonyl (C=O) groups is 1. The van der Waals surface area contributed by atoms with Crippen LogP contribution in [-0.2, 0) is 44.5 Å². The van der Waals surface area contributed by atoms with Gasteiger partial charge in [-0.25, -0.2) is 12.8 Å². The number of amides is 1. The molecule has 0 saturated carbocycles. The van der Waals surface area contributed by atoms with Gasteiger partial charge in [0.05, 0.1) is 22.6 Å². The Labute approximate surface area is 257 Å². The fourth-order valence-corrected chi connectivity index (χ4v) is 2.28. The summed E-state index contributed by atoms with van der Waals surface area (Å²) in [4.78, 5) is 23.8. The van der Waals surface area contributed by atoms with E-state index in [1.165, 1.54) is 18.3 Å². The van der Waals surface area contributed by atoms with Crippen LogP contribution in [-0.4, -0.2) is 39.3 Å². The molecular weight excluding hydrogens is 775 g/mol. The van der Waals surface area contributed by atoms with Crippen molar-refractivity contribution in [3.05, 3.63) is 129 Å². The molecule has 4 rings (SSSR count). The number of aromatic nitrogens is 3. The van der Waals surface area contributed by atoms with Gasteiger partial charge in [0.1, 0.15) is 5.82 Å². The second-order valence-electron chi connectivity index (χ2n) is 6.51. The Morgan fingerprint density at radius 1 is 0.767 bits per heavy atom. The summed E-state index contributed by atoms with van der Waals surface area (Å²) in [6.07, 6.45) is 6.53. The second-order valence-corrected chi connectivity index (χ2v) is 7.88. The van der Waals surface area contributed by atoms with Crippen LogP contribution in [0.1, 0.15) is 10.4 Å². The molecular formula is C26H17F4N4O7ReS-. The minimum atomic E-state index is -6.09. The Morgan fingerprint density at radius 3 is 1.56 bits per heavy atom. The van der Waals surface area contributed by atoms with Gasteiger partial charge in [-0.2, -0.15) is 13.2 Å². The number of hydrogen-bond acceptors (Lipinski definition) is 7. The van der Waals surface area contributed by atoms with Gasteiger partial charge >= 0.3 is 39.4 Å². The van der Waals surface area contributed by atoms with Gasteiger partial charge in [0.25, 0.3) is 5.91 Å². The molecule has 0 aliphatic rings. The zero-order valence-electron chi connectivity index (χ0n) is 21.2. The molecule has 225 valence electrons. The second kappa shape index (κ2) is 24.3. The molecule has 1 aromatic carbocycles. The zero-order chi connectivity index (χ0) is 32.6. The molecule has 0 saturated heterocycles. The largest absolute Gasteiger partial charge is 0.255 e. The number of alkyl halides is 3. The minimum absolute atomic E-state index is 0. The number of para-hydroxylation sites is 1. The molecule has 17 heteroatoms. The van der Waals surface area contributed by atoms with Crippen LogP contribution in [0.2, 0.25) is 0 Å². The molecule has 0 aliphatic carbocycles. The van der Waals surface area contributed by atoms with Crippen molar-refractivity contribution in [1.82, 2.24) is 15.0 Å². The number of rotatable bonds is 3. The van der Waals surface area contributed by atoms with Gasteiger partial charge in [-0.05, 0) is 48.5 Å². The van der Waals surface area contributed by atoms with Crippen LogP contribution in [0.4, 0.5) is 23.2 Å². The van der Waals surface area contributed by atoms with Crippen molar-refractivity contribution in [1.29, 1.82) is 0 Å². The first-order chi connectivity index (χ1) is 20.0. The fourth-order valence-electron chi connectivity index (χ4n) is 2.28. The van der Waals surface area contributed by atoms with E-state index in [1.807, 2.05) is 36.4 Å². The molecule has 0 fully saturated rings. The van der Waals surface area contributed by atoms with Gasteiger partial charge in [0, 0.05) is 45.2 Å². The summed E-state index contributed by atoms with van der Waals surface area (Å²) in [6.45, 7) is 13.5. The molecule has 0 unspecified atom stereocenters. The smallest absolute Gasteiger partial charge is 0.0886 e. The van der Waals surface area contributed by atoms with Crippen LogP contribution >= 0.6 is 0 Å².